The van der Waals surface area contributed by atoms with Gasteiger partial charge in [-0.1, -0.05) is 0 Å². The van der Waals surface area contributed by atoms with Crippen LogP contribution in [0.2, 0.25) is 0 Å². The van der Waals surface area contributed by atoms with Gasteiger partial charge in [0, 0.05) is 5.39 Å². The predicted molar refractivity (Wildman–Crippen MR) is 63.8 cm³/mol. The Morgan fingerprint density at radius 1 is 1.44 bits per heavy atom. The van der Waals surface area contributed by atoms with Crippen molar-refractivity contribution in [2.75, 3.05) is 7.11 Å². The summed E-state index contributed by atoms with van der Waals surface area (Å²) in [4.78, 5) is 11.2. The van der Waals surface area contributed by atoms with Crippen molar-refractivity contribution in [3.63, 3.8) is 0 Å². The number of aryl methyl sites for hydroxylation is 1. The number of benzene rings is 1. The number of hydrogen-bond donors (Lipinski definition) is 3. The minimum Gasteiger partial charge on any atom is -0.467 e. The van der Waals surface area contributed by atoms with Crippen molar-refractivity contribution in [3.05, 3.63) is 29.5 Å². The quantitative estimate of drug-likeness (QED) is 0.687. The number of H-pyrrole nitrogens is 1. The maximum absolute atomic E-state index is 11.2. The lowest BCUT2D eigenvalue weighted by Crippen LogP contribution is -2.29. The second-order valence-corrected chi connectivity index (χ2v) is 4.08. The molecule has 0 amide bonds. The molecule has 0 aliphatic rings. The van der Waals surface area contributed by atoms with Crippen molar-refractivity contribution in [1.29, 1.82) is 0 Å². The number of fused-ring (bicyclic) bond motifs is 1. The van der Waals surface area contributed by atoms with Crippen molar-refractivity contribution in [2.45, 2.75) is 19.1 Å². The number of aliphatic hydroxyl groups excluding tert-OH is 2. The average Bonchev–Trinajstić information content (AvgIpc) is 2.82. The average molecular weight is 250 g/mol. The van der Waals surface area contributed by atoms with Gasteiger partial charge in [0.05, 0.1) is 18.8 Å². The van der Waals surface area contributed by atoms with Gasteiger partial charge >= 0.3 is 5.97 Å². The number of aromatic amines is 1. The van der Waals surface area contributed by atoms with Gasteiger partial charge in [-0.15, -0.1) is 0 Å². The smallest absolute Gasteiger partial charge is 0.337 e. The summed E-state index contributed by atoms with van der Waals surface area (Å²) >= 11 is 0. The number of esters is 1. The number of carbonyl (C=O) groups excluding carboxylic acids is 1. The van der Waals surface area contributed by atoms with E-state index in [9.17, 15) is 15.0 Å². The molecule has 0 saturated carbocycles. The van der Waals surface area contributed by atoms with E-state index in [1.807, 2.05) is 0 Å². The normalized spacial score (nSPS) is 14.4. The monoisotopic (exact) mass is 250 g/mol. The van der Waals surface area contributed by atoms with E-state index >= 15 is 0 Å². The largest absolute Gasteiger partial charge is 0.467 e. The summed E-state index contributed by atoms with van der Waals surface area (Å²) in [5.41, 5.74) is 2.06. The zero-order valence-electron chi connectivity index (χ0n) is 10.0. The predicted octanol–water partition coefficient (Wildman–Crippen LogP) is 0.439. The van der Waals surface area contributed by atoms with Crippen LogP contribution in [0.1, 0.15) is 17.2 Å². The highest BCUT2D eigenvalue weighted by molar-refractivity contribution is 5.81. The van der Waals surface area contributed by atoms with Gasteiger partial charge in [0.1, 0.15) is 6.10 Å². The van der Waals surface area contributed by atoms with Gasteiger partial charge in [0.2, 0.25) is 0 Å². The summed E-state index contributed by atoms with van der Waals surface area (Å²) < 4.78 is 4.40. The second kappa shape index (κ2) is 4.75. The van der Waals surface area contributed by atoms with E-state index in [-0.39, 0.29) is 0 Å². The van der Waals surface area contributed by atoms with E-state index in [4.69, 9.17) is 0 Å². The van der Waals surface area contributed by atoms with Crippen LogP contribution in [0.25, 0.3) is 10.9 Å². The van der Waals surface area contributed by atoms with Gasteiger partial charge in [-0.2, -0.15) is 5.10 Å². The van der Waals surface area contributed by atoms with Crippen molar-refractivity contribution in [3.8, 4) is 0 Å². The van der Waals surface area contributed by atoms with Crippen LogP contribution in [-0.2, 0) is 9.53 Å². The van der Waals surface area contributed by atoms with Gasteiger partial charge < -0.3 is 14.9 Å². The molecule has 0 bridgehead atoms. The summed E-state index contributed by atoms with van der Waals surface area (Å²) in [7, 11) is 1.16. The number of ether oxygens (including phenoxy) is 1. The maximum atomic E-state index is 11.2. The molecule has 96 valence electrons. The Labute approximate surface area is 103 Å². The van der Waals surface area contributed by atoms with Gasteiger partial charge in [0.15, 0.2) is 6.10 Å². The van der Waals surface area contributed by atoms with Gasteiger partial charge in [-0.05, 0) is 30.2 Å². The molecule has 3 N–H and O–H groups in total. The molecule has 2 unspecified atom stereocenters. The molecule has 1 heterocycles. The van der Waals surface area contributed by atoms with E-state index in [2.05, 4.69) is 14.9 Å². The Bertz CT molecular complexity index is 578. The second-order valence-electron chi connectivity index (χ2n) is 4.08. The number of nitrogens with zero attached hydrogens (tertiary/aromatic N) is 1. The van der Waals surface area contributed by atoms with E-state index in [0.717, 1.165) is 23.6 Å². The highest BCUT2D eigenvalue weighted by Crippen LogP contribution is 2.25. The molecular weight excluding hydrogens is 236 g/mol. The third-order valence-electron chi connectivity index (χ3n) is 2.89. The first-order valence-electron chi connectivity index (χ1n) is 5.42. The topological polar surface area (TPSA) is 95.4 Å². The number of hydrogen-bond acceptors (Lipinski definition) is 5. The number of aromatic nitrogens is 2. The molecule has 6 nitrogen and oxygen atoms in total. The van der Waals surface area contributed by atoms with Gasteiger partial charge in [-0.3, -0.25) is 5.10 Å². The highest BCUT2D eigenvalue weighted by Gasteiger charge is 2.27. The summed E-state index contributed by atoms with van der Waals surface area (Å²) in [6, 6.07) is 3.48. The Morgan fingerprint density at radius 3 is 2.83 bits per heavy atom. The van der Waals surface area contributed by atoms with E-state index in [0.29, 0.717) is 5.56 Å². The molecule has 0 spiro atoms. The van der Waals surface area contributed by atoms with Crippen molar-refractivity contribution < 1.29 is 19.7 Å². The summed E-state index contributed by atoms with van der Waals surface area (Å²) in [5, 5.41) is 27.1. The number of methoxy groups -OCH3 is 1. The first-order valence-corrected chi connectivity index (χ1v) is 5.42. The van der Waals surface area contributed by atoms with E-state index in [1.54, 1.807) is 25.3 Å². The van der Waals surface area contributed by atoms with Crippen LogP contribution < -0.4 is 0 Å². The number of nitrogens with one attached hydrogen (secondary N) is 1. The Morgan fingerprint density at radius 2 is 2.17 bits per heavy atom. The van der Waals surface area contributed by atoms with Crippen molar-refractivity contribution in [2.24, 2.45) is 0 Å². The molecule has 2 aromatic rings. The van der Waals surface area contributed by atoms with Crippen LogP contribution >= 0.6 is 0 Å². The third-order valence-corrected chi connectivity index (χ3v) is 2.89. The number of aliphatic hydroxyl groups is 2. The molecule has 0 aliphatic heterocycles. The standard InChI is InChI=1S/C12H14N2O4/c1-6-3-9-7(5-13-14-9)4-8(6)10(15)11(16)12(17)18-2/h3-5,10-11,15-16H,1-2H3,(H,13,14). The molecule has 6 heteroatoms. The molecule has 2 atom stereocenters. The zero-order chi connectivity index (χ0) is 13.3. The fourth-order valence-corrected chi connectivity index (χ4v) is 1.86. The minimum atomic E-state index is -1.60. The number of carbonyl (C=O) groups is 1. The number of rotatable bonds is 3. The first-order chi connectivity index (χ1) is 8.54. The summed E-state index contributed by atoms with van der Waals surface area (Å²) in [6.45, 7) is 1.78. The molecule has 2 rings (SSSR count). The van der Waals surface area contributed by atoms with E-state index in [1.165, 1.54) is 0 Å². The fourth-order valence-electron chi connectivity index (χ4n) is 1.86. The van der Waals surface area contributed by atoms with Gasteiger partial charge in [0.25, 0.3) is 0 Å². The molecule has 0 aliphatic carbocycles. The Hall–Kier alpha value is -1.92. The van der Waals surface area contributed by atoms with Crippen LogP contribution in [0.15, 0.2) is 18.3 Å². The Balaban J connectivity index is 2.40. The molecule has 0 fully saturated rings. The van der Waals surface area contributed by atoms with Gasteiger partial charge in [-0.25, -0.2) is 4.79 Å². The van der Waals surface area contributed by atoms with Crippen LogP contribution in [0.3, 0.4) is 0 Å². The summed E-state index contributed by atoms with van der Waals surface area (Å²) in [5.74, 6) is -0.866. The van der Waals surface area contributed by atoms with Crippen molar-refractivity contribution in [1.82, 2.24) is 10.2 Å². The lowest BCUT2D eigenvalue weighted by molar-refractivity contribution is -0.156. The SMILES string of the molecule is COC(=O)C(O)C(O)c1cc2cn[nH]c2cc1C. The third kappa shape index (κ3) is 2.07. The van der Waals surface area contributed by atoms with Crippen LogP contribution in [-0.4, -0.2) is 39.6 Å². The van der Waals surface area contributed by atoms with Crippen LogP contribution in [0, 0.1) is 6.92 Å². The Kier molecular flexibility index (Phi) is 3.31. The maximum Gasteiger partial charge on any atom is 0.337 e. The lowest BCUT2D eigenvalue weighted by atomic mass is 9.98. The zero-order valence-corrected chi connectivity index (χ0v) is 10.0. The molecule has 0 radical (unpaired) electrons. The van der Waals surface area contributed by atoms with Crippen LogP contribution in [0.4, 0.5) is 0 Å². The highest BCUT2D eigenvalue weighted by atomic mass is 16.5. The summed E-state index contributed by atoms with van der Waals surface area (Å²) in [6.07, 6.45) is -1.31. The molecule has 1 aromatic heterocycles. The molecule has 0 saturated heterocycles. The fraction of sp³-hybridized carbons (Fsp3) is 0.333. The first kappa shape index (κ1) is 12.5. The van der Waals surface area contributed by atoms with Crippen molar-refractivity contribution >= 4 is 16.9 Å². The van der Waals surface area contributed by atoms with E-state index < -0.39 is 18.2 Å². The minimum absolute atomic E-state index is 0.474. The lowest BCUT2D eigenvalue weighted by Gasteiger charge is -2.18. The van der Waals surface area contributed by atoms with Crippen LogP contribution in [0.5, 0.6) is 0 Å². The molecule has 1 aromatic carbocycles. The molecular formula is C12H14N2O4. The molecule has 18 heavy (non-hydrogen) atoms.